The Kier molecular flexibility index (Phi) is 5.30. The number of rotatable bonds is 5. The van der Waals surface area contributed by atoms with Crippen molar-refractivity contribution in [2.45, 2.75) is 37.9 Å². The van der Waals surface area contributed by atoms with Gasteiger partial charge in [-0.1, -0.05) is 12.1 Å². The molecule has 1 heterocycles. The summed E-state index contributed by atoms with van der Waals surface area (Å²) in [5.74, 6) is -0.146. The van der Waals surface area contributed by atoms with E-state index in [2.05, 4.69) is 24.1 Å². The molecular weight excluding hydrogens is 345 g/mol. The Morgan fingerprint density at radius 1 is 1.19 bits per heavy atom. The number of morpholine rings is 1. The summed E-state index contributed by atoms with van der Waals surface area (Å²) in [4.78, 5) is 14.7. The summed E-state index contributed by atoms with van der Waals surface area (Å²) >= 11 is 0. The lowest BCUT2D eigenvalue weighted by atomic mass is 10.0. The van der Waals surface area contributed by atoms with Gasteiger partial charge in [-0.15, -0.1) is 0 Å². The molecule has 3 rings (SSSR count). The number of nitrogens with zero attached hydrogens (tertiary/aromatic N) is 1. The topological polar surface area (TPSA) is 41.6 Å². The summed E-state index contributed by atoms with van der Waals surface area (Å²) in [6.45, 7) is 7.84. The smallest absolute Gasteiger partial charge is 0.379 e. The summed E-state index contributed by atoms with van der Waals surface area (Å²) in [5.41, 5.74) is -0.0150. The van der Waals surface area contributed by atoms with Gasteiger partial charge in [0.15, 0.2) is 0 Å². The molecule has 2 unspecified atom stereocenters. The van der Waals surface area contributed by atoms with Gasteiger partial charge in [0.25, 0.3) is 0 Å². The molecule has 1 aromatic rings. The Morgan fingerprint density at radius 2 is 1.81 bits per heavy atom. The van der Waals surface area contributed by atoms with Gasteiger partial charge in [0.2, 0.25) is 5.91 Å². The van der Waals surface area contributed by atoms with E-state index in [0.29, 0.717) is 26.2 Å². The highest BCUT2D eigenvalue weighted by Crippen LogP contribution is 2.48. The van der Waals surface area contributed by atoms with Crippen LogP contribution in [0.4, 0.5) is 13.2 Å². The van der Waals surface area contributed by atoms with Crippen molar-refractivity contribution in [3.8, 4) is 0 Å². The molecule has 2 atom stereocenters. The largest absolute Gasteiger partial charge is 0.416 e. The summed E-state index contributed by atoms with van der Waals surface area (Å²) in [7, 11) is 0. The number of benzene rings is 1. The number of alkyl halides is 3. The summed E-state index contributed by atoms with van der Waals surface area (Å²) < 4.78 is 43.3. The van der Waals surface area contributed by atoms with Crippen LogP contribution >= 0.6 is 0 Å². The van der Waals surface area contributed by atoms with E-state index >= 15 is 0 Å². The number of carbonyl (C=O) groups is 1. The molecule has 1 saturated heterocycles. The average molecular weight is 370 g/mol. The fourth-order valence-electron chi connectivity index (χ4n) is 3.49. The lowest BCUT2D eigenvalue weighted by molar-refractivity contribution is -0.137. The van der Waals surface area contributed by atoms with E-state index in [1.807, 2.05) is 0 Å². The van der Waals surface area contributed by atoms with Crippen molar-refractivity contribution in [1.82, 2.24) is 10.2 Å². The summed E-state index contributed by atoms with van der Waals surface area (Å²) in [6.07, 6.45) is -3.64. The zero-order valence-electron chi connectivity index (χ0n) is 15.1. The minimum absolute atomic E-state index is 0.0174. The van der Waals surface area contributed by atoms with Crippen LogP contribution in [0.3, 0.4) is 0 Å². The maximum Gasteiger partial charge on any atom is 0.416 e. The van der Waals surface area contributed by atoms with Crippen LogP contribution in [0, 0.1) is 5.92 Å². The van der Waals surface area contributed by atoms with Gasteiger partial charge in [-0.2, -0.15) is 13.2 Å². The van der Waals surface area contributed by atoms with Gasteiger partial charge in [-0.05, 0) is 43.9 Å². The summed E-state index contributed by atoms with van der Waals surface area (Å²) in [6, 6.07) is 5.14. The molecule has 1 aliphatic heterocycles. The van der Waals surface area contributed by atoms with Gasteiger partial charge >= 0.3 is 6.18 Å². The van der Waals surface area contributed by atoms with Crippen LogP contribution < -0.4 is 5.32 Å². The standard InChI is InChI=1S/C19H25F3N2O2/c1-18(2,24-7-9-26-10-8-24)12-23-17(25)16-11-15(16)13-3-5-14(6-4-13)19(20,21)22/h3-6,15-16H,7-12H2,1-2H3,(H,23,25). The predicted molar refractivity (Wildman–Crippen MR) is 91.8 cm³/mol. The van der Waals surface area contributed by atoms with Gasteiger partial charge in [-0.25, -0.2) is 0 Å². The second-order valence-corrected chi connectivity index (χ2v) is 7.70. The van der Waals surface area contributed by atoms with Crippen LogP contribution in [-0.4, -0.2) is 49.2 Å². The van der Waals surface area contributed by atoms with Crippen LogP contribution in [0.15, 0.2) is 24.3 Å². The average Bonchev–Trinajstić information content (AvgIpc) is 3.41. The highest BCUT2D eigenvalue weighted by molar-refractivity contribution is 5.83. The second kappa shape index (κ2) is 7.19. The molecule has 144 valence electrons. The minimum atomic E-state index is -4.33. The number of ether oxygens (including phenoxy) is 1. The first kappa shape index (κ1) is 19.2. The number of carbonyl (C=O) groups excluding carboxylic acids is 1. The van der Waals surface area contributed by atoms with Crippen molar-refractivity contribution in [2.75, 3.05) is 32.8 Å². The molecule has 26 heavy (non-hydrogen) atoms. The molecule has 0 aromatic heterocycles. The van der Waals surface area contributed by atoms with Gasteiger partial charge < -0.3 is 10.1 Å². The first-order valence-corrected chi connectivity index (χ1v) is 8.96. The van der Waals surface area contributed by atoms with Crippen LogP contribution in [0.2, 0.25) is 0 Å². The van der Waals surface area contributed by atoms with Crippen molar-refractivity contribution >= 4 is 5.91 Å². The Morgan fingerprint density at radius 3 is 2.38 bits per heavy atom. The van der Waals surface area contributed by atoms with Crippen molar-refractivity contribution in [3.63, 3.8) is 0 Å². The van der Waals surface area contributed by atoms with Gasteiger partial charge in [0.1, 0.15) is 0 Å². The van der Waals surface area contributed by atoms with E-state index in [9.17, 15) is 18.0 Å². The first-order valence-electron chi connectivity index (χ1n) is 8.96. The van der Waals surface area contributed by atoms with E-state index in [-0.39, 0.29) is 23.3 Å². The fraction of sp³-hybridized carbons (Fsp3) is 0.632. The van der Waals surface area contributed by atoms with Gasteiger partial charge in [-0.3, -0.25) is 9.69 Å². The molecule has 7 heteroatoms. The molecule has 1 N–H and O–H groups in total. The number of amides is 1. The molecule has 2 fully saturated rings. The second-order valence-electron chi connectivity index (χ2n) is 7.70. The van der Waals surface area contributed by atoms with Crippen LogP contribution in [-0.2, 0) is 15.7 Å². The van der Waals surface area contributed by atoms with E-state index in [1.165, 1.54) is 12.1 Å². The predicted octanol–water partition coefficient (Wildman–Crippen LogP) is 3.04. The highest BCUT2D eigenvalue weighted by atomic mass is 19.4. The normalized spacial score (nSPS) is 24.3. The summed E-state index contributed by atoms with van der Waals surface area (Å²) in [5, 5.41) is 3.02. The van der Waals surface area contributed by atoms with Gasteiger partial charge in [0, 0.05) is 31.1 Å². The maximum absolute atomic E-state index is 12.6. The Labute approximate surface area is 151 Å². The molecule has 0 spiro atoms. The zero-order valence-corrected chi connectivity index (χ0v) is 15.1. The van der Waals surface area contributed by atoms with Crippen LogP contribution in [0.1, 0.15) is 37.3 Å². The molecule has 1 aromatic carbocycles. The van der Waals surface area contributed by atoms with Crippen molar-refractivity contribution < 1.29 is 22.7 Å². The van der Waals surface area contributed by atoms with Crippen LogP contribution in [0.5, 0.6) is 0 Å². The lowest BCUT2D eigenvalue weighted by Gasteiger charge is -2.40. The minimum Gasteiger partial charge on any atom is -0.379 e. The Hall–Kier alpha value is -1.60. The monoisotopic (exact) mass is 370 g/mol. The highest BCUT2D eigenvalue weighted by Gasteiger charge is 2.44. The molecule has 4 nitrogen and oxygen atoms in total. The van der Waals surface area contributed by atoms with Crippen molar-refractivity contribution in [2.24, 2.45) is 5.92 Å². The van der Waals surface area contributed by atoms with Gasteiger partial charge in [0.05, 0.1) is 18.8 Å². The molecular formula is C19H25F3N2O2. The SMILES string of the molecule is CC(C)(CNC(=O)C1CC1c1ccc(C(F)(F)F)cc1)N1CCOCC1. The molecule has 0 radical (unpaired) electrons. The fourth-order valence-corrected chi connectivity index (χ4v) is 3.49. The number of nitrogens with one attached hydrogen (secondary N) is 1. The third-order valence-corrected chi connectivity index (χ3v) is 5.36. The van der Waals surface area contributed by atoms with E-state index in [1.54, 1.807) is 0 Å². The maximum atomic E-state index is 12.6. The number of halogens is 3. The third-order valence-electron chi connectivity index (χ3n) is 5.36. The Bertz CT molecular complexity index is 637. The lowest BCUT2D eigenvalue weighted by Crippen LogP contribution is -2.55. The third kappa shape index (κ3) is 4.38. The molecule has 1 saturated carbocycles. The molecule has 2 aliphatic rings. The van der Waals surface area contributed by atoms with E-state index < -0.39 is 11.7 Å². The van der Waals surface area contributed by atoms with E-state index in [0.717, 1.165) is 30.8 Å². The first-order chi connectivity index (χ1) is 12.2. The molecule has 1 amide bonds. The molecule has 1 aliphatic carbocycles. The van der Waals surface area contributed by atoms with E-state index in [4.69, 9.17) is 4.74 Å². The van der Waals surface area contributed by atoms with Crippen molar-refractivity contribution in [1.29, 1.82) is 0 Å². The number of hydrogen-bond acceptors (Lipinski definition) is 3. The zero-order chi connectivity index (χ0) is 18.9. The Balaban J connectivity index is 1.51. The number of hydrogen-bond donors (Lipinski definition) is 1. The quantitative estimate of drug-likeness (QED) is 0.866. The van der Waals surface area contributed by atoms with Crippen molar-refractivity contribution in [3.05, 3.63) is 35.4 Å². The van der Waals surface area contributed by atoms with Crippen LogP contribution in [0.25, 0.3) is 0 Å². The molecule has 0 bridgehead atoms.